The fraction of sp³-hybridized carbons (Fsp3) is 0.615. The number of fused-ring (bicyclic) bond motifs is 1. The summed E-state index contributed by atoms with van der Waals surface area (Å²) in [6.45, 7) is 6.44. The number of ketones is 1. The highest BCUT2D eigenvalue weighted by Crippen LogP contribution is 2.51. The number of carbonyl (C=O) groups excluding carboxylic acids is 1. The van der Waals surface area contributed by atoms with E-state index in [-0.39, 0.29) is 16.6 Å². The van der Waals surface area contributed by atoms with Crippen molar-refractivity contribution in [3.05, 3.63) is 24.3 Å². The Morgan fingerprint density at radius 1 is 1.29 bits per heavy atom. The molecule has 0 spiro atoms. The monoisotopic (exact) mass is 190 g/mol. The normalized spacial score (nSPS) is 39.6. The zero-order valence-corrected chi connectivity index (χ0v) is 9.21. The summed E-state index contributed by atoms with van der Waals surface area (Å²) >= 11 is 0. The molecule has 0 saturated carbocycles. The first-order chi connectivity index (χ1) is 6.47. The van der Waals surface area contributed by atoms with Crippen LogP contribution in [0.5, 0.6) is 0 Å². The molecule has 2 rings (SSSR count). The van der Waals surface area contributed by atoms with Crippen LogP contribution in [0.4, 0.5) is 0 Å². The molecule has 0 fully saturated rings. The zero-order chi connectivity index (χ0) is 10.4. The molecule has 0 N–H and O–H groups in total. The van der Waals surface area contributed by atoms with E-state index in [0.717, 1.165) is 12.8 Å². The Hall–Kier alpha value is -0.850. The number of carbonyl (C=O) groups is 1. The summed E-state index contributed by atoms with van der Waals surface area (Å²) in [5.41, 5.74) is 0.0143. The molecule has 0 saturated heterocycles. The largest absolute Gasteiger partial charge is 0.294 e. The highest BCUT2D eigenvalue weighted by Gasteiger charge is 2.47. The van der Waals surface area contributed by atoms with Crippen LogP contribution in [-0.4, -0.2) is 5.78 Å². The summed E-state index contributed by atoms with van der Waals surface area (Å²) in [6, 6.07) is 0. The van der Waals surface area contributed by atoms with Crippen molar-refractivity contribution in [3.63, 3.8) is 0 Å². The fourth-order valence-corrected chi connectivity index (χ4v) is 2.94. The van der Waals surface area contributed by atoms with Gasteiger partial charge in [-0.3, -0.25) is 4.79 Å². The molecule has 0 heterocycles. The second-order valence-electron chi connectivity index (χ2n) is 5.39. The van der Waals surface area contributed by atoms with Gasteiger partial charge in [-0.1, -0.05) is 39.0 Å². The molecule has 0 aromatic rings. The molecule has 0 aromatic heterocycles. The smallest absolute Gasteiger partial charge is 0.161 e. The lowest BCUT2D eigenvalue weighted by Crippen LogP contribution is -2.45. The Labute approximate surface area is 85.9 Å². The van der Waals surface area contributed by atoms with Gasteiger partial charge >= 0.3 is 0 Å². The van der Waals surface area contributed by atoms with Gasteiger partial charge in [0.2, 0.25) is 0 Å². The van der Waals surface area contributed by atoms with Crippen molar-refractivity contribution in [2.45, 2.75) is 33.6 Å². The number of rotatable bonds is 0. The van der Waals surface area contributed by atoms with Gasteiger partial charge in [-0.2, -0.15) is 0 Å². The Bertz CT molecular complexity index is 322. The first-order valence-corrected chi connectivity index (χ1v) is 5.35. The zero-order valence-electron chi connectivity index (χ0n) is 9.21. The van der Waals surface area contributed by atoms with E-state index < -0.39 is 0 Å². The molecule has 14 heavy (non-hydrogen) atoms. The van der Waals surface area contributed by atoms with Crippen LogP contribution in [0.2, 0.25) is 0 Å². The molecular weight excluding hydrogens is 172 g/mol. The van der Waals surface area contributed by atoms with Crippen molar-refractivity contribution < 1.29 is 4.79 Å². The lowest BCUT2D eigenvalue weighted by Gasteiger charge is -2.47. The van der Waals surface area contributed by atoms with Gasteiger partial charge in [-0.25, -0.2) is 0 Å². The third kappa shape index (κ3) is 1.18. The molecule has 2 atom stereocenters. The van der Waals surface area contributed by atoms with Gasteiger partial charge in [0.1, 0.15) is 0 Å². The molecule has 0 unspecified atom stereocenters. The topological polar surface area (TPSA) is 17.1 Å². The third-order valence-electron chi connectivity index (χ3n) is 4.01. The maximum Gasteiger partial charge on any atom is 0.161 e. The Morgan fingerprint density at radius 3 is 2.71 bits per heavy atom. The van der Waals surface area contributed by atoms with Crippen LogP contribution < -0.4 is 0 Å². The van der Waals surface area contributed by atoms with Gasteiger partial charge in [0.05, 0.1) is 0 Å². The minimum Gasteiger partial charge on any atom is -0.294 e. The van der Waals surface area contributed by atoms with Crippen molar-refractivity contribution in [2.75, 3.05) is 0 Å². The van der Waals surface area contributed by atoms with Gasteiger partial charge in [0.25, 0.3) is 0 Å². The van der Waals surface area contributed by atoms with Crippen LogP contribution in [0.3, 0.4) is 0 Å². The van der Waals surface area contributed by atoms with E-state index in [2.05, 4.69) is 39.0 Å². The van der Waals surface area contributed by atoms with Gasteiger partial charge in [-0.05, 0) is 30.3 Å². The van der Waals surface area contributed by atoms with Gasteiger partial charge in [-0.15, -0.1) is 0 Å². The predicted molar refractivity (Wildman–Crippen MR) is 57.9 cm³/mol. The molecule has 0 aliphatic heterocycles. The molecule has 0 bridgehead atoms. The summed E-state index contributed by atoms with van der Waals surface area (Å²) in [5, 5.41) is 0. The van der Waals surface area contributed by atoms with Gasteiger partial charge < -0.3 is 0 Å². The Balaban J connectivity index is 2.46. The van der Waals surface area contributed by atoms with Crippen molar-refractivity contribution in [1.29, 1.82) is 0 Å². The summed E-state index contributed by atoms with van der Waals surface area (Å²) in [6.07, 6.45) is 10.5. The van der Waals surface area contributed by atoms with E-state index in [4.69, 9.17) is 0 Å². The number of hydrogen-bond acceptors (Lipinski definition) is 1. The summed E-state index contributed by atoms with van der Waals surface area (Å²) in [7, 11) is 0. The van der Waals surface area contributed by atoms with E-state index in [9.17, 15) is 4.79 Å². The van der Waals surface area contributed by atoms with Crippen LogP contribution in [0.25, 0.3) is 0 Å². The summed E-state index contributed by atoms with van der Waals surface area (Å²) in [4.78, 5) is 11.8. The van der Waals surface area contributed by atoms with Gasteiger partial charge in [0.15, 0.2) is 5.78 Å². The molecule has 1 nitrogen and oxygen atoms in total. The average molecular weight is 190 g/mol. The molecule has 2 aliphatic rings. The van der Waals surface area contributed by atoms with Gasteiger partial charge in [0, 0.05) is 5.41 Å². The number of hydrogen-bond donors (Lipinski definition) is 0. The lowest BCUT2D eigenvalue weighted by atomic mass is 9.55. The maximum atomic E-state index is 11.8. The highest BCUT2D eigenvalue weighted by molar-refractivity contribution is 5.95. The first kappa shape index (κ1) is 9.70. The lowest BCUT2D eigenvalue weighted by molar-refractivity contribution is -0.128. The second-order valence-corrected chi connectivity index (χ2v) is 5.39. The second kappa shape index (κ2) is 2.82. The standard InChI is InChI=1S/C13H18O/c1-12(2)10-6-4-5-8-13(10,3)9-7-11(12)14/h4-5,7,9-10H,6,8H2,1-3H3/t10-,13+/m0/s1. The maximum absolute atomic E-state index is 11.8. The van der Waals surface area contributed by atoms with Crippen molar-refractivity contribution in [1.82, 2.24) is 0 Å². The minimum atomic E-state index is -0.186. The van der Waals surface area contributed by atoms with Crippen LogP contribution in [0, 0.1) is 16.7 Å². The quantitative estimate of drug-likeness (QED) is 0.536. The summed E-state index contributed by atoms with van der Waals surface area (Å²) < 4.78 is 0. The molecule has 0 radical (unpaired) electrons. The van der Waals surface area contributed by atoms with Crippen molar-refractivity contribution in [2.24, 2.45) is 16.7 Å². The van der Waals surface area contributed by atoms with Crippen LogP contribution in [0.15, 0.2) is 24.3 Å². The van der Waals surface area contributed by atoms with Crippen LogP contribution in [0.1, 0.15) is 33.6 Å². The molecular formula is C13H18O. The molecule has 1 heteroatoms. The van der Waals surface area contributed by atoms with E-state index in [1.54, 1.807) is 6.08 Å². The SMILES string of the molecule is CC1(C)C(=O)C=C[C@@]2(C)CC=CC[C@@H]12. The number of allylic oxidation sites excluding steroid dienone is 4. The molecule has 76 valence electrons. The Kier molecular flexibility index (Phi) is 1.95. The van der Waals surface area contributed by atoms with E-state index in [1.807, 2.05) is 0 Å². The van der Waals surface area contributed by atoms with E-state index in [0.29, 0.717) is 5.92 Å². The first-order valence-electron chi connectivity index (χ1n) is 5.35. The molecule has 2 aliphatic carbocycles. The van der Waals surface area contributed by atoms with Crippen molar-refractivity contribution in [3.8, 4) is 0 Å². The highest BCUT2D eigenvalue weighted by atomic mass is 16.1. The van der Waals surface area contributed by atoms with Crippen LogP contribution in [-0.2, 0) is 4.79 Å². The third-order valence-corrected chi connectivity index (χ3v) is 4.01. The molecule has 0 amide bonds. The minimum absolute atomic E-state index is 0.186. The molecule has 0 aromatic carbocycles. The fourth-order valence-electron chi connectivity index (χ4n) is 2.94. The van der Waals surface area contributed by atoms with E-state index in [1.165, 1.54) is 0 Å². The predicted octanol–water partition coefficient (Wildman–Crippen LogP) is 3.12. The van der Waals surface area contributed by atoms with Crippen LogP contribution >= 0.6 is 0 Å². The van der Waals surface area contributed by atoms with Crippen molar-refractivity contribution >= 4 is 5.78 Å². The average Bonchev–Trinajstić information content (AvgIpc) is 2.13. The summed E-state index contributed by atoms with van der Waals surface area (Å²) in [5.74, 6) is 0.757. The Morgan fingerprint density at radius 2 is 2.00 bits per heavy atom. The van der Waals surface area contributed by atoms with E-state index >= 15 is 0 Å².